The van der Waals surface area contributed by atoms with Crippen molar-refractivity contribution in [3.8, 4) is 0 Å². The van der Waals surface area contributed by atoms with E-state index in [9.17, 15) is 9.90 Å². The molecule has 2 bridgehead atoms. The maximum absolute atomic E-state index is 11.9. The highest BCUT2D eigenvalue weighted by atomic mass is 35.5. The summed E-state index contributed by atoms with van der Waals surface area (Å²) in [6.07, 6.45) is 0.194. The van der Waals surface area contributed by atoms with Gasteiger partial charge >= 0.3 is 6.09 Å². The van der Waals surface area contributed by atoms with Crippen LogP contribution < -0.4 is 0 Å². The first-order chi connectivity index (χ1) is 7.83. The number of hydrogen-bond donors (Lipinski definition) is 1. The Balaban J connectivity index is 1.96. The van der Waals surface area contributed by atoms with Gasteiger partial charge in [-0.25, -0.2) is 4.79 Å². The summed E-state index contributed by atoms with van der Waals surface area (Å²) < 4.78 is 5.35. The van der Waals surface area contributed by atoms with E-state index >= 15 is 0 Å². The molecule has 3 fully saturated rings. The number of ether oxygens (including phenoxy) is 1. The smallest absolute Gasteiger partial charge is 0.410 e. The van der Waals surface area contributed by atoms with Crippen molar-refractivity contribution in [2.24, 2.45) is 11.8 Å². The van der Waals surface area contributed by atoms with Gasteiger partial charge < -0.3 is 14.7 Å². The van der Waals surface area contributed by atoms with Crippen LogP contribution in [0.15, 0.2) is 0 Å². The van der Waals surface area contributed by atoms with Crippen molar-refractivity contribution in [1.29, 1.82) is 0 Å². The summed E-state index contributed by atoms with van der Waals surface area (Å²) in [6.45, 7) is 6.27. The third kappa shape index (κ3) is 2.38. The molecular weight excluding hydrogens is 242 g/mol. The predicted octanol–water partition coefficient (Wildman–Crippen LogP) is 1.84. The standard InChI is InChI=1S/C12H20ClNO3/c1-12(2,3)17-11(16)14-6-7-4-8(14)10(7)9(15)5-13/h7-10,15H,4-6H2,1-3H3/t7-,8-,9?,10?/m0/s1. The Labute approximate surface area is 107 Å². The van der Waals surface area contributed by atoms with Crippen LogP contribution in [0.2, 0.25) is 0 Å². The lowest BCUT2D eigenvalue weighted by Crippen LogP contribution is -2.48. The van der Waals surface area contributed by atoms with Gasteiger partial charge in [-0.3, -0.25) is 0 Å². The van der Waals surface area contributed by atoms with Gasteiger partial charge in [0.25, 0.3) is 0 Å². The molecule has 3 aliphatic rings. The Morgan fingerprint density at radius 1 is 1.59 bits per heavy atom. The van der Waals surface area contributed by atoms with Crippen molar-refractivity contribution in [3.05, 3.63) is 0 Å². The summed E-state index contributed by atoms with van der Waals surface area (Å²) in [6, 6.07) is 0.114. The van der Waals surface area contributed by atoms with Crippen molar-refractivity contribution in [3.63, 3.8) is 0 Å². The molecule has 4 nitrogen and oxygen atoms in total. The van der Waals surface area contributed by atoms with Gasteiger partial charge in [-0.15, -0.1) is 11.6 Å². The van der Waals surface area contributed by atoms with E-state index in [1.54, 1.807) is 4.90 Å². The Hall–Kier alpha value is -0.480. The van der Waals surface area contributed by atoms with Crippen LogP contribution in [0.4, 0.5) is 4.79 Å². The fourth-order valence-corrected chi connectivity index (χ4v) is 3.07. The summed E-state index contributed by atoms with van der Waals surface area (Å²) in [4.78, 5) is 13.7. The maximum atomic E-state index is 11.9. The van der Waals surface area contributed by atoms with E-state index in [1.165, 1.54) is 0 Å². The molecule has 1 N–H and O–H groups in total. The van der Waals surface area contributed by atoms with E-state index in [0.29, 0.717) is 12.5 Å². The number of alkyl halides is 1. The molecule has 2 saturated heterocycles. The van der Waals surface area contributed by atoms with Crippen LogP contribution in [0.1, 0.15) is 27.2 Å². The van der Waals surface area contributed by atoms with E-state index in [1.807, 2.05) is 20.8 Å². The normalized spacial score (nSPS) is 33.2. The summed E-state index contributed by atoms with van der Waals surface area (Å²) in [5.74, 6) is 0.765. The molecule has 2 aliphatic heterocycles. The molecule has 3 rings (SSSR count). The highest BCUT2D eigenvalue weighted by molar-refractivity contribution is 6.18. The lowest BCUT2D eigenvalue weighted by molar-refractivity contribution is 0.00182. The zero-order valence-corrected chi connectivity index (χ0v) is 11.3. The van der Waals surface area contributed by atoms with Crippen molar-refractivity contribution in [1.82, 2.24) is 4.90 Å². The molecule has 4 atom stereocenters. The fourth-order valence-electron chi connectivity index (χ4n) is 2.87. The average Bonchev–Trinajstić information content (AvgIpc) is 2.71. The average molecular weight is 262 g/mol. The Morgan fingerprint density at radius 2 is 2.24 bits per heavy atom. The van der Waals surface area contributed by atoms with Crippen LogP contribution >= 0.6 is 11.6 Å². The van der Waals surface area contributed by atoms with Crippen LogP contribution in [0, 0.1) is 11.8 Å². The number of halogens is 1. The maximum Gasteiger partial charge on any atom is 0.410 e. The van der Waals surface area contributed by atoms with Crippen LogP contribution in [0.5, 0.6) is 0 Å². The SMILES string of the molecule is CC(C)(C)OC(=O)N1C[C@@H]2C[C@H]1C2C(O)CCl. The minimum absolute atomic E-state index is 0.114. The van der Waals surface area contributed by atoms with Gasteiger partial charge in [0.2, 0.25) is 0 Å². The molecular formula is C12H20ClNO3. The van der Waals surface area contributed by atoms with Gasteiger partial charge in [0.15, 0.2) is 0 Å². The van der Waals surface area contributed by atoms with Gasteiger partial charge in [-0.1, -0.05) is 0 Å². The van der Waals surface area contributed by atoms with Gasteiger partial charge in [0.05, 0.1) is 6.10 Å². The Kier molecular flexibility index (Phi) is 3.29. The Bertz CT molecular complexity index is 315. The third-order valence-electron chi connectivity index (χ3n) is 3.59. The molecule has 17 heavy (non-hydrogen) atoms. The molecule has 0 aromatic carbocycles. The number of fused-ring (bicyclic) bond motifs is 1. The highest BCUT2D eigenvalue weighted by Crippen LogP contribution is 2.48. The van der Waals surface area contributed by atoms with Gasteiger partial charge in [-0.2, -0.15) is 0 Å². The van der Waals surface area contributed by atoms with Gasteiger partial charge in [0.1, 0.15) is 5.60 Å². The fraction of sp³-hybridized carbons (Fsp3) is 0.917. The van der Waals surface area contributed by atoms with Crippen LogP contribution in [0.3, 0.4) is 0 Å². The Morgan fingerprint density at radius 3 is 2.76 bits per heavy atom. The van der Waals surface area contributed by atoms with Crippen molar-refractivity contribution < 1.29 is 14.6 Å². The third-order valence-corrected chi connectivity index (χ3v) is 3.91. The van der Waals surface area contributed by atoms with Crippen LogP contribution in [0.25, 0.3) is 0 Å². The first-order valence-corrected chi connectivity index (χ1v) is 6.60. The van der Waals surface area contributed by atoms with Crippen molar-refractivity contribution in [2.45, 2.75) is 44.9 Å². The summed E-state index contributed by atoms with van der Waals surface area (Å²) >= 11 is 5.67. The summed E-state index contributed by atoms with van der Waals surface area (Å²) in [5, 5.41) is 9.78. The van der Waals surface area contributed by atoms with Crippen LogP contribution in [-0.2, 0) is 4.74 Å². The molecule has 98 valence electrons. The molecule has 0 radical (unpaired) electrons. The number of carbonyl (C=O) groups is 1. The van der Waals surface area contributed by atoms with E-state index < -0.39 is 11.7 Å². The quantitative estimate of drug-likeness (QED) is 0.772. The van der Waals surface area contributed by atoms with Crippen molar-refractivity contribution >= 4 is 17.7 Å². The predicted molar refractivity (Wildman–Crippen MR) is 65.1 cm³/mol. The van der Waals surface area contributed by atoms with Crippen molar-refractivity contribution in [2.75, 3.05) is 12.4 Å². The first-order valence-electron chi connectivity index (χ1n) is 6.07. The molecule has 1 aliphatic carbocycles. The number of hydrogen-bond acceptors (Lipinski definition) is 3. The number of rotatable bonds is 2. The molecule has 2 unspecified atom stereocenters. The second-order valence-electron chi connectivity index (χ2n) is 5.99. The molecule has 5 heteroatoms. The second kappa shape index (κ2) is 4.32. The summed E-state index contributed by atoms with van der Waals surface area (Å²) in [5.41, 5.74) is -0.468. The lowest BCUT2D eigenvalue weighted by atomic mass is 9.71. The van der Waals surface area contributed by atoms with E-state index in [2.05, 4.69) is 0 Å². The van der Waals surface area contributed by atoms with E-state index in [0.717, 1.165) is 6.42 Å². The minimum atomic E-state index is -0.507. The van der Waals surface area contributed by atoms with E-state index in [-0.39, 0.29) is 23.9 Å². The summed E-state index contributed by atoms with van der Waals surface area (Å²) in [7, 11) is 0. The zero-order chi connectivity index (χ0) is 12.8. The van der Waals surface area contributed by atoms with E-state index in [4.69, 9.17) is 16.3 Å². The monoisotopic (exact) mass is 261 g/mol. The number of amides is 1. The number of aliphatic hydroxyl groups excluding tert-OH is 1. The largest absolute Gasteiger partial charge is 0.444 e. The molecule has 2 heterocycles. The second-order valence-corrected chi connectivity index (χ2v) is 6.30. The number of carbonyl (C=O) groups excluding carboxylic acids is 1. The first kappa shape index (κ1) is 13.0. The molecule has 1 saturated carbocycles. The van der Waals surface area contributed by atoms with Gasteiger partial charge in [0, 0.05) is 24.4 Å². The molecule has 0 spiro atoms. The molecule has 0 aromatic rings. The number of aliphatic hydroxyl groups is 1. The topological polar surface area (TPSA) is 49.8 Å². The minimum Gasteiger partial charge on any atom is -0.444 e. The zero-order valence-electron chi connectivity index (χ0n) is 10.5. The number of nitrogens with zero attached hydrogens (tertiary/aromatic N) is 1. The molecule has 0 aromatic heterocycles. The van der Waals surface area contributed by atoms with Crippen LogP contribution in [-0.4, -0.2) is 46.3 Å². The highest BCUT2D eigenvalue weighted by Gasteiger charge is 2.56. The van der Waals surface area contributed by atoms with Gasteiger partial charge in [-0.05, 0) is 33.1 Å². The lowest BCUT2D eigenvalue weighted by Gasteiger charge is -2.39. The molecule has 1 amide bonds.